The molecule has 0 aliphatic heterocycles. The molecule has 172 valence electrons. The molecule has 0 unspecified atom stereocenters. The second-order valence-electron chi connectivity index (χ2n) is 7.82. The predicted octanol–water partition coefficient (Wildman–Crippen LogP) is 2.75. The van der Waals surface area contributed by atoms with Crippen molar-refractivity contribution in [2.24, 2.45) is 5.73 Å². The smallest absolute Gasteiger partial charge is 0.363 e. The zero-order valence-corrected chi connectivity index (χ0v) is 17.1. The number of hydrogen-bond donors (Lipinski definition) is 4. The lowest BCUT2D eigenvalue weighted by atomic mass is 10.0. The van der Waals surface area contributed by atoms with Crippen molar-refractivity contribution in [3.8, 4) is 0 Å². The van der Waals surface area contributed by atoms with Crippen molar-refractivity contribution >= 4 is 23.3 Å². The van der Waals surface area contributed by atoms with Crippen LogP contribution >= 0.6 is 0 Å². The van der Waals surface area contributed by atoms with E-state index in [4.69, 9.17) is 10.8 Å². The first-order chi connectivity index (χ1) is 15.2. The standard InChI is InChI=1S/C9H12N4O3.C9H11N3O4/c10-9(14)7-8(13(15)16)6(11-12-7)5-3-1-2-4-5;13-9(14)7-8(12(15)16)6(10-11-7)5-3-1-2-4-5/h5H,1-4H2,(H2,10,14)(H,11,12);5H,1-4H2,(H,10,11)(H,13,14). The van der Waals surface area contributed by atoms with Crippen molar-refractivity contribution in [2.75, 3.05) is 0 Å². The molecule has 0 atom stereocenters. The molecule has 2 aliphatic carbocycles. The van der Waals surface area contributed by atoms with E-state index in [1.807, 2.05) is 0 Å². The van der Waals surface area contributed by atoms with Gasteiger partial charge in [0.25, 0.3) is 5.91 Å². The summed E-state index contributed by atoms with van der Waals surface area (Å²) in [6, 6.07) is 0. The SMILES string of the molecule is NC(=O)c1n[nH]c(C2CCCC2)c1[N+](=O)[O-].O=C(O)c1n[nH]c(C2CCCC2)c1[N+](=O)[O-]. The number of hydrogen-bond acceptors (Lipinski definition) is 8. The molecule has 14 heteroatoms. The number of rotatable bonds is 6. The summed E-state index contributed by atoms with van der Waals surface area (Å²) in [4.78, 5) is 42.3. The average molecular weight is 449 g/mol. The molecular weight excluding hydrogens is 426 g/mol. The van der Waals surface area contributed by atoms with Gasteiger partial charge in [0.05, 0.1) is 9.85 Å². The highest BCUT2D eigenvalue weighted by Crippen LogP contribution is 2.39. The molecule has 4 rings (SSSR count). The van der Waals surface area contributed by atoms with Gasteiger partial charge in [-0.25, -0.2) is 4.79 Å². The van der Waals surface area contributed by atoms with E-state index in [-0.39, 0.29) is 28.9 Å². The Kier molecular flexibility index (Phi) is 6.80. The summed E-state index contributed by atoms with van der Waals surface area (Å²) in [6.07, 6.45) is 7.61. The fraction of sp³-hybridized carbons (Fsp3) is 0.556. The highest BCUT2D eigenvalue weighted by molar-refractivity contribution is 5.95. The van der Waals surface area contributed by atoms with Crippen LogP contribution in [0.1, 0.15) is 95.6 Å². The monoisotopic (exact) mass is 449 g/mol. The van der Waals surface area contributed by atoms with Crippen LogP contribution in [-0.4, -0.2) is 47.2 Å². The number of nitro groups is 2. The largest absolute Gasteiger partial charge is 0.476 e. The molecule has 32 heavy (non-hydrogen) atoms. The number of H-pyrrole nitrogens is 2. The number of nitrogens with two attached hydrogens (primary N) is 1. The van der Waals surface area contributed by atoms with Gasteiger partial charge in [0.15, 0.2) is 0 Å². The van der Waals surface area contributed by atoms with Crippen LogP contribution in [0.5, 0.6) is 0 Å². The van der Waals surface area contributed by atoms with Gasteiger partial charge >= 0.3 is 17.3 Å². The predicted molar refractivity (Wildman–Crippen MR) is 108 cm³/mol. The Labute approximate surface area is 180 Å². The van der Waals surface area contributed by atoms with Crippen molar-refractivity contribution in [1.29, 1.82) is 0 Å². The Morgan fingerprint density at radius 1 is 0.844 bits per heavy atom. The van der Waals surface area contributed by atoms with Crippen LogP contribution in [0.3, 0.4) is 0 Å². The normalized spacial score (nSPS) is 16.5. The van der Waals surface area contributed by atoms with Gasteiger partial charge in [-0.1, -0.05) is 25.7 Å². The number of carboxylic acids is 1. The van der Waals surface area contributed by atoms with E-state index in [0.717, 1.165) is 51.4 Å². The van der Waals surface area contributed by atoms with Crippen molar-refractivity contribution in [1.82, 2.24) is 20.4 Å². The minimum absolute atomic E-state index is 0.0426. The van der Waals surface area contributed by atoms with Crippen molar-refractivity contribution < 1.29 is 24.5 Å². The fourth-order valence-corrected chi connectivity index (χ4v) is 4.39. The second kappa shape index (κ2) is 9.53. The Morgan fingerprint density at radius 3 is 1.56 bits per heavy atom. The van der Waals surface area contributed by atoms with Crippen LogP contribution < -0.4 is 5.73 Å². The summed E-state index contributed by atoms with van der Waals surface area (Å²) < 4.78 is 0. The maximum Gasteiger partial charge on any atom is 0.363 e. The minimum Gasteiger partial charge on any atom is -0.476 e. The molecule has 2 aliphatic rings. The summed E-state index contributed by atoms with van der Waals surface area (Å²) in [7, 11) is 0. The fourth-order valence-electron chi connectivity index (χ4n) is 4.39. The molecule has 0 aromatic carbocycles. The summed E-state index contributed by atoms with van der Waals surface area (Å²) in [5.74, 6) is -2.10. The van der Waals surface area contributed by atoms with Gasteiger partial charge < -0.3 is 10.8 Å². The van der Waals surface area contributed by atoms with Crippen LogP contribution in [0.25, 0.3) is 0 Å². The molecule has 5 N–H and O–H groups in total. The maximum absolute atomic E-state index is 11.0. The van der Waals surface area contributed by atoms with Crippen LogP contribution in [0.4, 0.5) is 11.4 Å². The molecular formula is C18H23N7O7. The molecule has 0 bridgehead atoms. The van der Waals surface area contributed by atoms with E-state index in [1.165, 1.54) is 0 Å². The van der Waals surface area contributed by atoms with Gasteiger partial charge in [0.1, 0.15) is 11.4 Å². The van der Waals surface area contributed by atoms with Crippen LogP contribution in [0, 0.1) is 20.2 Å². The Morgan fingerprint density at radius 2 is 1.22 bits per heavy atom. The van der Waals surface area contributed by atoms with Crippen LogP contribution in [-0.2, 0) is 0 Å². The molecule has 0 saturated heterocycles. The lowest BCUT2D eigenvalue weighted by molar-refractivity contribution is -0.386. The number of carboxylic acid groups (broad SMARTS) is 1. The Bertz CT molecular complexity index is 950. The topological polar surface area (TPSA) is 224 Å². The van der Waals surface area contributed by atoms with Crippen molar-refractivity contribution in [2.45, 2.75) is 63.2 Å². The number of aromatic amines is 2. The third-order valence-electron chi connectivity index (χ3n) is 5.86. The zero-order valence-electron chi connectivity index (χ0n) is 17.1. The number of carbonyl (C=O) groups excluding carboxylic acids is 1. The highest BCUT2D eigenvalue weighted by Gasteiger charge is 2.34. The quantitative estimate of drug-likeness (QED) is 0.375. The van der Waals surface area contributed by atoms with Gasteiger partial charge in [-0.2, -0.15) is 10.2 Å². The molecule has 0 radical (unpaired) electrons. The Hall–Kier alpha value is -3.84. The summed E-state index contributed by atoms with van der Waals surface area (Å²) in [5, 5.41) is 42.8. The molecule has 0 spiro atoms. The van der Waals surface area contributed by atoms with Gasteiger partial charge in [0, 0.05) is 11.8 Å². The maximum atomic E-state index is 11.0. The minimum atomic E-state index is -1.37. The van der Waals surface area contributed by atoms with Gasteiger partial charge in [-0.3, -0.25) is 35.2 Å². The number of primary amides is 1. The third kappa shape index (κ3) is 4.58. The highest BCUT2D eigenvalue weighted by atomic mass is 16.6. The number of aromatic carboxylic acids is 1. The number of aromatic nitrogens is 4. The van der Waals surface area contributed by atoms with Gasteiger partial charge in [-0.05, 0) is 25.7 Å². The number of carbonyl (C=O) groups is 2. The van der Waals surface area contributed by atoms with E-state index in [9.17, 15) is 29.8 Å². The number of nitrogens with zero attached hydrogens (tertiary/aromatic N) is 4. The first kappa shape index (κ1) is 22.8. The summed E-state index contributed by atoms with van der Waals surface area (Å²) in [6.45, 7) is 0. The lowest BCUT2D eigenvalue weighted by Gasteiger charge is -2.04. The first-order valence-electron chi connectivity index (χ1n) is 10.2. The van der Waals surface area contributed by atoms with E-state index in [1.54, 1.807) is 0 Å². The van der Waals surface area contributed by atoms with Gasteiger partial charge in [0.2, 0.25) is 11.4 Å². The molecule has 2 fully saturated rings. The molecule has 14 nitrogen and oxygen atoms in total. The number of amides is 1. The molecule has 2 saturated carbocycles. The Balaban J connectivity index is 0.000000181. The van der Waals surface area contributed by atoms with Gasteiger partial charge in [-0.15, -0.1) is 0 Å². The van der Waals surface area contributed by atoms with Crippen molar-refractivity contribution in [3.63, 3.8) is 0 Å². The summed E-state index contributed by atoms with van der Waals surface area (Å²) >= 11 is 0. The van der Waals surface area contributed by atoms with E-state index < -0.39 is 27.4 Å². The zero-order chi connectivity index (χ0) is 23.4. The van der Waals surface area contributed by atoms with E-state index in [0.29, 0.717) is 11.4 Å². The second-order valence-corrected chi connectivity index (χ2v) is 7.82. The summed E-state index contributed by atoms with van der Waals surface area (Å²) in [5.41, 5.74) is 4.45. The van der Waals surface area contributed by atoms with Crippen LogP contribution in [0.15, 0.2) is 0 Å². The first-order valence-corrected chi connectivity index (χ1v) is 10.2. The van der Waals surface area contributed by atoms with E-state index >= 15 is 0 Å². The molecule has 2 aromatic rings. The number of nitrogens with one attached hydrogen (secondary N) is 2. The molecule has 2 aromatic heterocycles. The van der Waals surface area contributed by atoms with Crippen molar-refractivity contribution in [3.05, 3.63) is 43.0 Å². The van der Waals surface area contributed by atoms with Crippen LogP contribution in [0.2, 0.25) is 0 Å². The van der Waals surface area contributed by atoms with E-state index in [2.05, 4.69) is 20.4 Å². The molecule has 1 amide bonds. The third-order valence-corrected chi connectivity index (χ3v) is 5.86. The average Bonchev–Trinajstić information content (AvgIpc) is 3.54. The molecule has 2 heterocycles. The lowest BCUT2D eigenvalue weighted by Crippen LogP contribution is -2.13.